The molecule has 1 amide bonds. The van der Waals surface area contributed by atoms with Crippen LogP contribution in [0.3, 0.4) is 0 Å². The molecular formula is C23H33N3O. The summed E-state index contributed by atoms with van der Waals surface area (Å²) in [5.41, 5.74) is 3.10. The fourth-order valence-electron chi connectivity index (χ4n) is 5.19. The Morgan fingerprint density at radius 2 is 1.93 bits per heavy atom. The van der Waals surface area contributed by atoms with Crippen LogP contribution < -0.4 is 10.2 Å². The normalized spacial score (nSPS) is 28.6. The molecule has 4 nitrogen and oxygen atoms in total. The molecule has 1 aromatic rings. The average Bonchev–Trinajstić information content (AvgIpc) is 3.17. The van der Waals surface area contributed by atoms with Crippen LogP contribution in [0, 0.1) is 5.92 Å². The first-order valence-corrected chi connectivity index (χ1v) is 10.7. The van der Waals surface area contributed by atoms with Crippen LogP contribution in [0.15, 0.2) is 36.4 Å². The number of hydrogen-bond acceptors (Lipinski definition) is 3. The quantitative estimate of drug-likeness (QED) is 0.820. The van der Waals surface area contributed by atoms with E-state index in [2.05, 4.69) is 41.1 Å². The van der Waals surface area contributed by atoms with E-state index in [-0.39, 0.29) is 11.8 Å². The van der Waals surface area contributed by atoms with Crippen LogP contribution in [-0.4, -0.2) is 43.5 Å². The summed E-state index contributed by atoms with van der Waals surface area (Å²) in [6.45, 7) is 7.27. The number of hydrogen-bond donors (Lipinski definition) is 1. The number of benzene rings is 1. The van der Waals surface area contributed by atoms with E-state index in [4.69, 9.17) is 0 Å². The summed E-state index contributed by atoms with van der Waals surface area (Å²) in [4.78, 5) is 17.3. The van der Waals surface area contributed by atoms with Gasteiger partial charge in [-0.25, -0.2) is 0 Å². The van der Waals surface area contributed by atoms with Gasteiger partial charge in [-0.3, -0.25) is 9.69 Å². The maximum Gasteiger partial charge on any atom is 0.253 e. The first-order valence-electron chi connectivity index (χ1n) is 10.7. The van der Waals surface area contributed by atoms with Crippen LogP contribution in [0.5, 0.6) is 0 Å². The summed E-state index contributed by atoms with van der Waals surface area (Å²) in [6, 6.07) is 10.0. The zero-order valence-corrected chi connectivity index (χ0v) is 16.6. The molecule has 0 radical (unpaired) electrons. The second-order valence-corrected chi connectivity index (χ2v) is 8.50. The highest BCUT2D eigenvalue weighted by Crippen LogP contribution is 2.40. The lowest BCUT2D eigenvalue weighted by Gasteiger charge is -2.34. The van der Waals surface area contributed by atoms with Crippen molar-refractivity contribution in [2.24, 2.45) is 5.92 Å². The van der Waals surface area contributed by atoms with Crippen LogP contribution in [-0.2, 0) is 4.79 Å². The van der Waals surface area contributed by atoms with E-state index in [1.165, 1.54) is 44.2 Å². The van der Waals surface area contributed by atoms with E-state index in [1.54, 1.807) is 4.90 Å². The number of carbonyl (C=O) groups is 1. The van der Waals surface area contributed by atoms with Gasteiger partial charge in [-0.2, -0.15) is 0 Å². The first kappa shape index (κ1) is 18.7. The van der Waals surface area contributed by atoms with Gasteiger partial charge in [-0.15, -0.1) is 0 Å². The SMILES string of the molecule is C=C(C(=O)N(C)c1ccc([C@@H]2CC[C@@H]3CCCCN32)cc1)C1CCCNC1. The molecule has 1 aromatic carbocycles. The maximum atomic E-state index is 12.9. The van der Waals surface area contributed by atoms with Gasteiger partial charge in [0.2, 0.25) is 0 Å². The molecule has 3 heterocycles. The molecule has 0 bridgehead atoms. The van der Waals surface area contributed by atoms with E-state index in [0.717, 1.165) is 43.2 Å². The molecule has 3 atom stereocenters. The van der Waals surface area contributed by atoms with Crippen molar-refractivity contribution < 1.29 is 4.79 Å². The minimum atomic E-state index is 0.0495. The van der Waals surface area contributed by atoms with Gasteiger partial charge >= 0.3 is 0 Å². The third-order valence-electron chi connectivity index (χ3n) is 6.88. The molecular weight excluding hydrogens is 334 g/mol. The highest BCUT2D eigenvalue weighted by atomic mass is 16.2. The Hall–Kier alpha value is -1.65. The molecule has 0 aliphatic carbocycles. The third-order valence-corrected chi connectivity index (χ3v) is 6.88. The number of anilines is 1. The molecule has 3 fully saturated rings. The minimum Gasteiger partial charge on any atom is -0.316 e. The van der Waals surface area contributed by atoms with Crippen LogP contribution in [0.1, 0.15) is 56.6 Å². The van der Waals surface area contributed by atoms with E-state index in [0.29, 0.717) is 6.04 Å². The van der Waals surface area contributed by atoms with Crippen molar-refractivity contribution in [1.29, 1.82) is 0 Å². The second kappa shape index (κ2) is 8.15. The Morgan fingerprint density at radius 1 is 1.11 bits per heavy atom. The number of likely N-dealkylation sites (N-methyl/N-ethyl adjacent to an activating group) is 1. The molecule has 27 heavy (non-hydrogen) atoms. The molecule has 4 rings (SSSR count). The predicted octanol–water partition coefficient (Wildman–Crippen LogP) is 3.89. The first-order chi connectivity index (χ1) is 13.1. The monoisotopic (exact) mass is 367 g/mol. The largest absolute Gasteiger partial charge is 0.316 e. The van der Waals surface area contributed by atoms with Gasteiger partial charge in [0.1, 0.15) is 0 Å². The van der Waals surface area contributed by atoms with Crippen molar-refractivity contribution in [1.82, 2.24) is 10.2 Å². The molecule has 1 unspecified atom stereocenters. The van der Waals surface area contributed by atoms with Crippen LogP contribution >= 0.6 is 0 Å². The number of nitrogens with zero attached hydrogens (tertiary/aromatic N) is 2. The zero-order chi connectivity index (χ0) is 18.8. The van der Waals surface area contributed by atoms with E-state index < -0.39 is 0 Å². The predicted molar refractivity (Wildman–Crippen MR) is 111 cm³/mol. The van der Waals surface area contributed by atoms with Crippen molar-refractivity contribution in [3.8, 4) is 0 Å². The summed E-state index contributed by atoms with van der Waals surface area (Å²) in [7, 11) is 1.87. The van der Waals surface area contributed by atoms with E-state index in [1.807, 2.05) is 7.05 Å². The highest BCUT2D eigenvalue weighted by molar-refractivity contribution is 6.05. The molecule has 146 valence electrons. The summed E-state index contributed by atoms with van der Waals surface area (Å²) >= 11 is 0. The summed E-state index contributed by atoms with van der Waals surface area (Å²) < 4.78 is 0. The molecule has 3 aliphatic rings. The molecule has 1 N–H and O–H groups in total. The van der Waals surface area contributed by atoms with Crippen molar-refractivity contribution >= 4 is 11.6 Å². The van der Waals surface area contributed by atoms with Gasteiger partial charge in [-0.1, -0.05) is 25.1 Å². The molecule has 0 spiro atoms. The average molecular weight is 368 g/mol. The maximum absolute atomic E-state index is 12.9. The number of carbonyl (C=O) groups excluding carboxylic acids is 1. The molecule has 0 aromatic heterocycles. The van der Waals surface area contributed by atoms with Gasteiger partial charge < -0.3 is 10.2 Å². The Morgan fingerprint density at radius 3 is 2.67 bits per heavy atom. The summed E-state index contributed by atoms with van der Waals surface area (Å²) in [5.74, 6) is 0.316. The topological polar surface area (TPSA) is 35.6 Å². The number of fused-ring (bicyclic) bond motifs is 1. The highest BCUT2D eigenvalue weighted by Gasteiger charge is 2.35. The minimum absolute atomic E-state index is 0.0495. The van der Waals surface area contributed by atoms with Gasteiger partial charge in [0.15, 0.2) is 0 Å². The Balaban J connectivity index is 1.42. The smallest absolute Gasteiger partial charge is 0.253 e. The zero-order valence-electron chi connectivity index (χ0n) is 16.6. The summed E-state index contributed by atoms with van der Waals surface area (Å²) in [5, 5.41) is 3.37. The Bertz CT molecular complexity index is 677. The Labute approximate surface area is 163 Å². The standard InChI is InChI=1S/C23H33N3O/c1-17(19-6-5-14-24-16-19)23(27)25(2)20-10-8-18(9-11-20)22-13-12-21-7-3-4-15-26(21)22/h8-11,19,21-22,24H,1,3-7,12-16H2,2H3/t19?,21-,22-/m0/s1. The third kappa shape index (κ3) is 3.83. The molecule has 4 heteroatoms. The van der Waals surface area contributed by atoms with E-state index in [9.17, 15) is 4.79 Å². The van der Waals surface area contributed by atoms with Crippen LogP contribution in [0.2, 0.25) is 0 Å². The fourth-order valence-corrected chi connectivity index (χ4v) is 5.19. The van der Waals surface area contributed by atoms with Crippen molar-refractivity contribution in [2.75, 3.05) is 31.6 Å². The van der Waals surface area contributed by atoms with Gasteiger partial charge in [0.25, 0.3) is 5.91 Å². The van der Waals surface area contributed by atoms with Crippen molar-refractivity contribution in [3.63, 3.8) is 0 Å². The lowest BCUT2D eigenvalue weighted by molar-refractivity contribution is -0.115. The van der Waals surface area contributed by atoms with Crippen LogP contribution in [0.25, 0.3) is 0 Å². The number of piperidine rings is 2. The molecule has 0 saturated carbocycles. The van der Waals surface area contributed by atoms with Gasteiger partial charge in [-0.05, 0) is 69.3 Å². The van der Waals surface area contributed by atoms with Gasteiger partial charge in [0.05, 0.1) is 0 Å². The Kier molecular flexibility index (Phi) is 5.65. The van der Waals surface area contributed by atoms with Crippen molar-refractivity contribution in [2.45, 2.75) is 57.0 Å². The molecule has 3 saturated heterocycles. The summed E-state index contributed by atoms with van der Waals surface area (Å²) in [6.07, 6.45) is 8.87. The number of amides is 1. The van der Waals surface area contributed by atoms with Gasteiger partial charge in [0, 0.05) is 42.9 Å². The van der Waals surface area contributed by atoms with E-state index >= 15 is 0 Å². The number of nitrogens with one attached hydrogen (secondary N) is 1. The lowest BCUT2D eigenvalue weighted by Crippen LogP contribution is -2.37. The second-order valence-electron chi connectivity index (χ2n) is 8.50. The molecule has 3 aliphatic heterocycles. The lowest BCUT2D eigenvalue weighted by atomic mass is 9.91. The van der Waals surface area contributed by atoms with Crippen molar-refractivity contribution in [3.05, 3.63) is 42.0 Å². The van der Waals surface area contributed by atoms with Crippen LogP contribution in [0.4, 0.5) is 5.69 Å². The fraction of sp³-hybridized carbons (Fsp3) is 0.609. The number of rotatable bonds is 4.